The van der Waals surface area contributed by atoms with Gasteiger partial charge in [0.1, 0.15) is 48.3 Å². The summed E-state index contributed by atoms with van der Waals surface area (Å²) in [6, 6.07) is -1.98. The Hall–Kier alpha value is -7.89. The predicted molar refractivity (Wildman–Crippen MR) is 290 cm³/mol. The molecule has 27 nitrogen and oxygen atoms in total. The van der Waals surface area contributed by atoms with Crippen LogP contribution in [-0.2, 0) is 59.2 Å². The molecule has 1 aliphatic rings. The summed E-state index contributed by atoms with van der Waals surface area (Å²) in [6.45, 7) is 12.0. The van der Waals surface area contributed by atoms with Gasteiger partial charge in [-0.25, -0.2) is 0 Å². The molecular formula is C52H83N15O12. The standard InChI is InChI=1S/C52H83N15O12/c1-10-15-35(45(73)64-42(29(5)11-2)49(77)62-36(18-13-20-57-52(55)56)51(79)67-21-14-19-39(67)48(76)59-30(6)44(54)72)61-50(78)43(31(7)68)65-47(75)37(22-28(3)4)63-46(74)38(24-33-16-12-17-34(23-33)25-53)60-40(70)26-58-41(71)27-66(9)32(8)69/h12,16-17,23,28-31,35-39,42-43,68H,10-11,13-15,18-22,24,26-27H2,1-9H3,(H2,54,72)(H,58,71)(H,59,76)(H,60,70)(H,61,78)(H,62,77)(H,63,74)(H,64,73)(H,65,75)(H4,55,56,57)/t29-,30+,31+,35-,36-,37+,38-,39-,42-,43-/m0/s1. The number of nitriles is 1. The van der Waals surface area contributed by atoms with Crippen molar-refractivity contribution in [3.8, 4) is 6.07 Å². The summed E-state index contributed by atoms with van der Waals surface area (Å²) in [5.41, 5.74) is 17.1. The topological polar surface area (TPSA) is 425 Å². The molecule has 79 heavy (non-hydrogen) atoms. The van der Waals surface area contributed by atoms with Gasteiger partial charge in [0, 0.05) is 33.5 Å². The van der Waals surface area contributed by atoms with Gasteiger partial charge in [0.2, 0.25) is 65.0 Å². The van der Waals surface area contributed by atoms with Crippen molar-refractivity contribution in [3.63, 3.8) is 0 Å². The van der Waals surface area contributed by atoms with Crippen molar-refractivity contribution < 1.29 is 57.8 Å². The number of hydrogen-bond acceptors (Lipinski definition) is 14. The molecule has 1 saturated heterocycles. The first-order valence-electron chi connectivity index (χ1n) is 26.6. The Bertz CT molecular complexity index is 2390. The number of aliphatic hydroxyl groups is 1. The fraction of sp³-hybridized carbons (Fsp3) is 0.635. The zero-order valence-corrected chi connectivity index (χ0v) is 46.8. The van der Waals surface area contributed by atoms with E-state index in [1.807, 2.05) is 6.07 Å². The van der Waals surface area contributed by atoms with Crippen LogP contribution in [0.2, 0.25) is 0 Å². The van der Waals surface area contributed by atoms with Gasteiger partial charge >= 0.3 is 0 Å². The summed E-state index contributed by atoms with van der Waals surface area (Å²) in [4.78, 5) is 154. The average Bonchev–Trinajstić information content (AvgIpc) is 3.89. The highest BCUT2D eigenvalue weighted by molar-refractivity contribution is 5.99. The Morgan fingerprint density at radius 3 is 1.97 bits per heavy atom. The summed E-state index contributed by atoms with van der Waals surface area (Å²) in [5, 5.41) is 41.1. The number of likely N-dealkylation sites (tertiary alicyclic amines) is 1. The Labute approximate surface area is 461 Å². The lowest BCUT2D eigenvalue weighted by molar-refractivity contribution is -0.142. The summed E-state index contributed by atoms with van der Waals surface area (Å²) < 4.78 is 0. The molecular weight excluding hydrogens is 1030 g/mol. The van der Waals surface area contributed by atoms with E-state index in [4.69, 9.17) is 17.2 Å². The second kappa shape index (κ2) is 33.4. The van der Waals surface area contributed by atoms with Crippen LogP contribution in [0.1, 0.15) is 118 Å². The SMILES string of the molecule is CCC[C@H](NC(=O)[C@@H](NC(=O)[C@@H](CC(C)C)NC(=O)[C@H](Cc1cccc(C#N)c1)NC(=O)CNC(=O)CN(C)C(C)=O)[C@@H](C)O)C(=O)N[C@H](C(=O)N[C@@H](CCCN=C(N)N)C(=O)N1CCC[C@H]1C(=O)N[C@H](C)C(N)=O)[C@@H](C)CC. The van der Waals surface area contributed by atoms with Crippen molar-refractivity contribution in [2.24, 2.45) is 34.0 Å². The number of rotatable bonds is 32. The molecule has 0 bridgehead atoms. The summed E-state index contributed by atoms with van der Waals surface area (Å²) in [7, 11) is 1.40. The van der Waals surface area contributed by atoms with Crippen molar-refractivity contribution in [2.45, 2.75) is 168 Å². The Morgan fingerprint density at radius 1 is 0.785 bits per heavy atom. The lowest BCUT2D eigenvalue weighted by Crippen LogP contribution is -2.62. The van der Waals surface area contributed by atoms with E-state index in [1.54, 1.807) is 52.8 Å². The number of guanidine groups is 1. The molecule has 0 saturated carbocycles. The zero-order valence-electron chi connectivity index (χ0n) is 46.8. The number of carbonyl (C=O) groups excluding carboxylic acids is 11. The molecule has 27 heteroatoms. The number of hydrogen-bond donors (Lipinski definition) is 12. The molecule has 11 amide bonds. The third-order valence-corrected chi connectivity index (χ3v) is 13.1. The molecule has 15 N–H and O–H groups in total. The maximum Gasteiger partial charge on any atom is 0.245 e. The molecule has 2 rings (SSSR count). The number of primary amides is 1. The highest BCUT2D eigenvalue weighted by atomic mass is 16.3. The van der Waals surface area contributed by atoms with E-state index in [-0.39, 0.29) is 81.5 Å². The van der Waals surface area contributed by atoms with Crippen LogP contribution in [0.25, 0.3) is 0 Å². The van der Waals surface area contributed by atoms with Gasteiger partial charge in [-0.1, -0.05) is 59.6 Å². The van der Waals surface area contributed by atoms with Gasteiger partial charge in [-0.2, -0.15) is 5.26 Å². The number of aliphatic imine (C=N–C) groups is 1. The minimum atomic E-state index is -1.70. The van der Waals surface area contributed by atoms with E-state index in [2.05, 4.69) is 47.5 Å². The van der Waals surface area contributed by atoms with Gasteiger partial charge < -0.3 is 74.6 Å². The molecule has 0 spiro atoms. The molecule has 1 fully saturated rings. The molecule has 1 aliphatic heterocycles. The van der Waals surface area contributed by atoms with Crippen LogP contribution in [0.5, 0.6) is 0 Å². The van der Waals surface area contributed by atoms with Crippen LogP contribution >= 0.6 is 0 Å². The Balaban J connectivity index is 2.38. The Kier molecular flexibility index (Phi) is 28.4. The number of benzene rings is 1. The minimum absolute atomic E-state index is 0.00284. The molecule has 0 unspecified atom stereocenters. The van der Waals surface area contributed by atoms with E-state index < -0.39 is 126 Å². The highest BCUT2D eigenvalue weighted by Crippen LogP contribution is 2.21. The number of amides is 11. The van der Waals surface area contributed by atoms with E-state index in [9.17, 15) is 63.1 Å². The normalized spacial score (nSPS) is 16.3. The van der Waals surface area contributed by atoms with Crippen LogP contribution in [0.15, 0.2) is 29.3 Å². The van der Waals surface area contributed by atoms with Crippen molar-refractivity contribution in [3.05, 3.63) is 35.4 Å². The maximum absolute atomic E-state index is 14.3. The smallest absolute Gasteiger partial charge is 0.245 e. The van der Waals surface area contributed by atoms with Gasteiger partial charge in [-0.3, -0.25) is 57.7 Å². The highest BCUT2D eigenvalue weighted by Gasteiger charge is 2.40. The van der Waals surface area contributed by atoms with E-state index in [0.29, 0.717) is 24.8 Å². The van der Waals surface area contributed by atoms with Gasteiger partial charge in [0.05, 0.1) is 30.8 Å². The number of aliphatic hydroxyl groups excluding tert-OH is 1. The summed E-state index contributed by atoms with van der Waals surface area (Å²) >= 11 is 0. The zero-order chi connectivity index (χ0) is 59.7. The van der Waals surface area contributed by atoms with E-state index in [1.165, 1.54) is 38.8 Å². The predicted octanol–water partition coefficient (Wildman–Crippen LogP) is -3.09. The van der Waals surface area contributed by atoms with Crippen molar-refractivity contribution in [1.29, 1.82) is 5.26 Å². The van der Waals surface area contributed by atoms with Crippen molar-refractivity contribution in [1.82, 2.24) is 52.3 Å². The van der Waals surface area contributed by atoms with E-state index in [0.717, 1.165) is 4.90 Å². The third kappa shape index (κ3) is 22.9. The first-order chi connectivity index (χ1) is 37.1. The quantitative estimate of drug-likeness (QED) is 0.0193. The number of carbonyl (C=O) groups is 11. The minimum Gasteiger partial charge on any atom is -0.391 e. The molecule has 0 radical (unpaired) electrons. The number of likely N-dealkylation sites (N-methyl/N-ethyl adjacent to an activating group) is 1. The molecule has 1 aromatic carbocycles. The van der Waals surface area contributed by atoms with Gasteiger partial charge in [-0.15, -0.1) is 0 Å². The second-order valence-electron chi connectivity index (χ2n) is 20.3. The first-order valence-corrected chi connectivity index (χ1v) is 26.6. The first kappa shape index (κ1) is 67.2. The summed E-state index contributed by atoms with van der Waals surface area (Å²) in [6.07, 6.45) is -0.0283. The maximum atomic E-state index is 14.3. The number of nitrogens with one attached hydrogen (secondary N) is 8. The van der Waals surface area contributed by atoms with Crippen molar-refractivity contribution >= 4 is 70.9 Å². The fourth-order valence-corrected chi connectivity index (χ4v) is 8.34. The molecule has 0 aliphatic carbocycles. The van der Waals surface area contributed by atoms with Crippen LogP contribution in [0.4, 0.5) is 0 Å². The lowest BCUT2D eigenvalue weighted by Gasteiger charge is -2.32. The lowest BCUT2D eigenvalue weighted by atomic mass is 9.96. The number of nitrogens with two attached hydrogens (primary N) is 3. The van der Waals surface area contributed by atoms with Crippen LogP contribution < -0.4 is 59.7 Å². The average molecular weight is 1110 g/mol. The second-order valence-corrected chi connectivity index (χ2v) is 20.3. The molecule has 0 aromatic heterocycles. The summed E-state index contributed by atoms with van der Waals surface area (Å²) in [5.74, 6) is -9.07. The van der Waals surface area contributed by atoms with Gasteiger partial charge in [0.25, 0.3) is 0 Å². The van der Waals surface area contributed by atoms with Gasteiger partial charge in [-0.05, 0) is 81.9 Å². The monoisotopic (exact) mass is 1110 g/mol. The molecule has 10 atom stereocenters. The molecule has 1 heterocycles. The number of nitrogens with zero attached hydrogens (tertiary/aromatic N) is 4. The van der Waals surface area contributed by atoms with Crippen molar-refractivity contribution in [2.75, 3.05) is 33.2 Å². The van der Waals surface area contributed by atoms with Crippen LogP contribution in [0, 0.1) is 23.2 Å². The largest absolute Gasteiger partial charge is 0.391 e. The van der Waals surface area contributed by atoms with E-state index >= 15 is 0 Å². The van der Waals surface area contributed by atoms with Crippen LogP contribution in [-0.4, -0.2) is 174 Å². The molecule has 1 aromatic rings. The molecule has 438 valence electrons. The Morgan fingerprint density at radius 2 is 1.39 bits per heavy atom. The van der Waals surface area contributed by atoms with Gasteiger partial charge in [0.15, 0.2) is 5.96 Å². The fourth-order valence-electron chi connectivity index (χ4n) is 8.34. The third-order valence-electron chi connectivity index (χ3n) is 13.1. The van der Waals surface area contributed by atoms with Crippen LogP contribution in [0.3, 0.4) is 0 Å².